The molecule has 0 spiro atoms. The van der Waals surface area contributed by atoms with E-state index in [9.17, 15) is 4.79 Å². The zero-order valence-corrected chi connectivity index (χ0v) is 12.4. The number of rotatable bonds is 6. The van der Waals surface area contributed by atoms with Gasteiger partial charge in [-0.1, -0.05) is 35.9 Å². The molecule has 1 aromatic carbocycles. The fourth-order valence-corrected chi connectivity index (χ4v) is 1.89. The molecule has 1 aromatic heterocycles. The van der Waals surface area contributed by atoms with Crippen molar-refractivity contribution in [3.8, 4) is 0 Å². The van der Waals surface area contributed by atoms with Crippen LogP contribution in [0.3, 0.4) is 0 Å². The molecule has 1 heterocycles. The first-order valence-corrected chi connectivity index (χ1v) is 7.00. The summed E-state index contributed by atoms with van der Waals surface area (Å²) in [5, 5.41) is 10.5. The highest BCUT2D eigenvalue weighted by Gasteiger charge is 2.09. The van der Waals surface area contributed by atoms with E-state index in [1.807, 2.05) is 31.2 Å². The standard InChI is InChI=1S/C15H16ClN3O2/c1-2-21-10-12-6-4-3-5-11(12)9-17-15(20)13-7-8-14(16)19-18-13/h3-8H,2,9-10H2,1H3,(H,17,20). The van der Waals surface area contributed by atoms with Gasteiger partial charge in [-0.2, -0.15) is 0 Å². The summed E-state index contributed by atoms with van der Waals surface area (Å²) in [5.74, 6) is -0.287. The minimum absolute atomic E-state index is 0.238. The van der Waals surface area contributed by atoms with Gasteiger partial charge < -0.3 is 10.1 Å². The fraction of sp³-hybridized carbons (Fsp3) is 0.267. The summed E-state index contributed by atoms with van der Waals surface area (Å²) in [5.41, 5.74) is 2.31. The first kappa shape index (κ1) is 15.4. The number of hydrogen-bond donors (Lipinski definition) is 1. The van der Waals surface area contributed by atoms with Gasteiger partial charge in [-0.05, 0) is 30.2 Å². The average molecular weight is 306 g/mol. The van der Waals surface area contributed by atoms with E-state index in [1.165, 1.54) is 12.1 Å². The van der Waals surface area contributed by atoms with Crippen LogP contribution in [-0.4, -0.2) is 22.7 Å². The molecule has 0 atom stereocenters. The molecule has 6 heteroatoms. The Balaban J connectivity index is 1.99. The van der Waals surface area contributed by atoms with Gasteiger partial charge in [0.25, 0.3) is 5.91 Å². The smallest absolute Gasteiger partial charge is 0.272 e. The molecule has 0 bridgehead atoms. The van der Waals surface area contributed by atoms with Gasteiger partial charge in [0.1, 0.15) is 0 Å². The monoisotopic (exact) mass is 305 g/mol. The Labute approximate surface area is 128 Å². The lowest BCUT2D eigenvalue weighted by atomic mass is 10.1. The predicted molar refractivity (Wildman–Crippen MR) is 80.0 cm³/mol. The third-order valence-electron chi connectivity index (χ3n) is 2.88. The maximum absolute atomic E-state index is 12.0. The summed E-state index contributed by atoms with van der Waals surface area (Å²) in [7, 11) is 0. The second-order valence-electron chi connectivity index (χ2n) is 4.33. The molecule has 0 aliphatic rings. The topological polar surface area (TPSA) is 64.1 Å². The highest BCUT2D eigenvalue weighted by atomic mass is 35.5. The lowest BCUT2D eigenvalue weighted by Gasteiger charge is -2.10. The Morgan fingerprint density at radius 1 is 1.19 bits per heavy atom. The highest BCUT2D eigenvalue weighted by molar-refractivity contribution is 6.29. The molecule has 0 unspecified atom stereocenters. The molecule has 2 aromatic rings. The van der Waals surface area contributed by atoms with E-state index in [-0.39, 0.29) is 16.8 Å². The van der Waals surface area contributed by atoms with Crippen LogP contribution in [0.15, 0.2) is 36.4 Å². The summed E-state index contributed by atoms with van der Waals surface area (Å²) in [6.45, 7) is 3.54. The number of ether oxygens (including phenoxy) is 1. The normalized spacial score (nSPS) is 10.4. The van der Waals surface area contributed by atoms with Gasteiger partial charge >= 0.3 is 0 Å². The first-order valence-electron chi connectivity index (χ1n) is 6.62. The number of halogens is 1. The summed E-state index contributed by atoms with van der Waals surface area (Å²) < 4.78 is 5.42. The molecule has 0 radical (unpaired) electrons. The maximum atomic E-state index is 12.0. The number of carbonyl (C=O) groups excluding carboxylic acids is 1. The molecule has 0 aliphatic heterocycles. The van der Waals surface area contributed by atoms with Gasteiger partial charge in [-0.15, -0.1) is 10.2 Å². The van der Waals surface area contributed by atoms with Crippen molar-refractivity contribution >= 4 is 17.5 Å². The van der Waals surface area contributed by atoms with Gasteiger partial charge in [0, 0.05) is 13.2 Å². The molecule has 110 valence electrons. The zero-order chi connectivity index (χ0) is 15.1. The van der Waals surface area contributed by atoms with E-state index in [0.717, 1.165) is 11.1 Å². The SMILES string of the molecule is CCOCc1ccccc1CNC(=O)c1ccc(Cl)nn1. The highest BCUT2D eigenvalue weighted by Crippen LogP contribution is 2.10. The average Bonchev–Trinajstić information content (AvgIpc) is 2.52. The Morgan fingerprint density at radius 3 is 2.62 bits per heavy atom. The van der Waals surface area contributed by atoms with Crippen LogP contribution in [0.5, 0.6) is 0 Å². The Morgan fingerprint density at radius 2 is 1.95 bits per heavy atom. The number of aromatic nitrogens is 2. The molecule has 5 nitrogen and oxygen atoms in total. The first-order chi connectivity index (χ1) is 10.2. The molecule has 21 heavy (non-hydrogen) atoms. The van der Waals surface area contributed by atoms with Crippen molar-refractivity contribution in [3.05, 3.63) is 58.4 Å². The van der Waals surface area contributed by atoms with Crippen molar-refractivity contribution < 1.29 is 9.53 Å². The predicted octanol–water partition coefficient (Wildman–Crippen LogP) is 2.60. The summed E-state index contributed by atoms with van der Waals surface area (Å²) in [4.78, 5) is 12.0. The lowest BCUT2D eigenvalue weighted by Crippen LogP contribution is -2.24. The van der Waals surface area contributed by atoms with E-state index in [2.05, 4.69) is 15.5 Å². The van der Waals surface area contributed by atoms with Gasteiger partial charge in [-0.25, -0.2) is 0 Å². The molecule has 1 amide bonds. The fourth-order valence-electron chi connectivity index (χ4n) is 1.79. The number of amides is 1. The van der Waals surface area contributed by atoms with Crippen LogP contribution >= 0.6 is 11.6 Å². The van der Waals surface area contributed by atoms with Crippen molar-refractivity contribution in [2.75, 3.05) is 6.61 Å². The minimum atomic E-state index is -0.287. The van der Waals surface area contributed by atoms with E-state index >= 15 is 0 Å². The molecular formula is C15H16ClN3O2. The van der Waals surface area contributed by atoms with Crippen molar-refractivity contribution in [2.45, 2.75) is 20.1 Å². The number of benzene rings is 1. The van der Waals surface area contributed by atoms with Gasteiger partial charge in [0.2, 0.25) is 0 Å². The number of hydrogen-bond acceptors (Lipinski definition) is 4. The molecular weight excluding hydrogens is 290 g/mol. The summed E-state index contributed by atoms with van der Waals surface area (Å²) in [6, 6.07) is 10.9. The van der Waals surface area contributed by atoms with Crippen molar-refractivity contribution in [1.29, 1.82) is 0 Å². The zero-order valence-electron chi connectivity index (χ0n) is 11.7. The van der Waals surface area contributed by atoms with Crippen LogP contribution in [0.1, 0.15) is 28.5 Å². The Kier molecular flexibility index (Phi) is 5.66. The van der Waals surface area contributed by atoms with Gasteiger partial charge in [0.15, 0.2) is 10.8 Å². The minimum Gasteiger partial charge on any atom is -0.377 e. The van der Waals surface area contributed by atoms with Gasteiger partial charge in [-0.3, -0.25) is 4.79 Å². The van der Waals surface area contributed by atoms with Gasteiger partial charge in [0.05, 0.1) is 6.61 Å². The number of nitrogens with zero attached hydrogens (tertiary/aromatic N) is 2. The van der Waals surface area contributed by atoms with E-state index in [4.69, 9.17) is 16.3 Å². The third-order valence-corrected chi connectivity index (χ3v) is 3.09. The quantitative estimate of drug-likeness (QED) is 0.891. The number of carbonyl (C=O) groups is 1. The van der Waals surface area contributed by atoms with Crippen molar-refractivity contribution in [1.82, 2.24) is 15.5 Å². The summed E-state index contributed by atoms with van der Waals surface area (Å²) >= 11 is 5.64. The van der Waals surface area contributed by atoms with Crippen LogP contribution in [0.2, 0.25) is 5.15 Å². The van der Waals surface area contributed by atoms with Crippen molar-refractivity contribution in [3.63, 3.8) is 0 Å². The van der Waals surface area contributed by atoms with Crippen LogP contribution in [0.4, 0.5) is 0 Å². The lowest BCUT2D eigenvalue weighted by molar-refractivity contribution is 0.0943. The summed E-state index contributed by atoms with van der Waals surface area (Å²) in [6.07, 6.45) is 0. The molecule has 2 rings (SSSR count). The van der Waals surface area contributed by atoms with Crippen LogP contribution in [0.25, 0.3) is 0 Å². The van der Waals surface area contributed by atoms with Crippen LogP contribution in [-0.2, 0) is 17.9 Å². The maximum Gasteiger partial charge on any atom is 0.272 e. The van der Waals surface area contributed by atoms with Crippen molar-refractivity contribution in [2.24, 2.45) is 0 Å². The van der Waals surface area contributed by atoms with E-state index in [0.29, 0.717) is 19.8 Å². The number of nitrogens with one attached hydrogen (secondary N) is 1. The third kappa shape index (κ3) is 4.51. The second kappa shape index (κ2) is 7.71. The molecule has 0 fully saturated rings. The molecule has 1 N–H and O–H groups in total. The largest absolute Gasteiger partial charge is 0.377 e. The van der Waals surface area contributed by atoms with E-state index < -0.39 is 0 Å². The van der Waals surface area contributed by atoms with Crippen LogP contribution < -0.4 is 5.32 Å². The van der Waals surface area contributed by atoms with Crippen LogP contribution in [0, 0.1) is 0 Å². The molecule has 0 aliphatic carbocycles. The Bertz CT molecular complexity index is 602. The molecule has 0 saturated heterocycles. The second-order valence-corrected chi connectivity index (χ2v) is 4.72. The van der Waals surface area contributed by atoms with E-state index in [1.54, 1.807) is 0 Å². The Hall–Kier alpha value is -1.98. The molecule has 0 saturated carbocycles.